The Hall–Kier alpha value is -2.36. The standard InChI is InChI=1S/C18H29N7OS/c1-21-18(19)16(12-26)22-8-11-25(20)23-17(13-27)14-4-6-15(7-5-14)24-9-2-3-10-24/h4-7,12-13,21-23,27H,2-3,8-11,19-20H2,1H3/b17-13-,18-16+. The Kier molecular flexibility index (Phi) is 8.31. The molecular weight excluding hydrogens is 362 g/mol. The molecule has 0 saturated carbocycles. The smallest absolute Gasteiger partial charge is 0.169 e. The zero-order chi connectivity index (χ0) is 19.6. The molecule has 0 radical (unpaired) electrons. The van der Waals surface area contributed by atoms with Crippen LogP contribution in [0.5, 0.6) is 0 Å². The van der Waals surface area contributed by atoms with Gasteiger partial charge in [-0.25, -0.2) is 0 Å². The molecule has 1 heterocycles. The van der Waals surface area contributed by atoms with Crippen LogP contribution in [0, 0.1) is 0 Å². The maximum atomic E-state index is 11.0. The minimum Gasteiger partial charge on any atom is -0.384 e. The van der Waals surface area contributed by atoms with E-state index in [9.17, 15) is 4.79 Å². The van der Waals surface area contributed by atoms with Crippen molar-refractivity contribution in [3.05, 3.63) is 46.8 Å². The van der Waals surface area contributed by atoms with E-state index >= 15 is 0 Å². The Morgan fingerprint density at radius 3 is 2.52 bits per heavy atom. The first kappa shape index (κ1) is 20.9. The molecule has 0 amide bonds. The predicted octanol–water partition coefficient (Wildman–Crippen LogP) is 0.331. The summed E-state index contributed by atoms with van der Waals surface area (Å²) in [4.78, 5) is 13.4. The summed E-state index contributed by atoms with van der Waals surface area (Å²) in [7, 11) is 1.65. The normalized spacial score (nSPS) is 15.6. The lowest BCUT2D eigenvalue weighted by molar-refractivity contribution is -0.105. The molecule has 1 aliphatic heterocycles. The van der Waals surface area contributed by atoms with Crippen LogP contribution in [0.15, 0.2) is 41.2 Å². The molecule has 0 atom stereocenters. The second-order valence-electron chi connectivity index (χ2n) is 6.21. The van der Waals surface area contributed by atoms with Crippen molar-refractivity contribution in [2.24, 2.45) is 11.6 Å². The number of carbonyl (C=O) groups is 1. The maximum absolute atomic E-state index is 11.0. The zero-order valence-electron chi connectivity index (χ0n) is 15.6. The molecule has 0 bridgehead atoms. The maximum Gasteiger partial charge on any atom is 0.169 e. The van der Waals surface area contributed by atoms with Crippen molar-refractivity contribution in [2.45, 2.75) is 12.8 Å². The van der Waals surface area contributed by atoms with E-state index in [1.807, 2.05) is 0 Å². The van der Waals surface area contributed by atoms with Gasteiger partial charge in [0.25, 0.3) is 0 Å². The van der Waals surface area contributed by atoms with Crippen molar-refractivity contribution < 1.29 is 4.79 Å². The third kappa shape index (κ3) is 6.09. The molecule has 0 aromatic heterocycles. The number of hydrogen-bond donors (Lipinski definition) is 6. The summed E-state index contributed by atoms with van der Waals surface area (Å²) in [6.07, 6.45) is 3.17. The van der Waals surface area contributed by atoms with Gasteiger partial charge in [0.2, 0.25) is 0 Å². The average molecular weight is 392 g/mol. The van der Waals surface area contributed by atoms with E-state index in [0.717, 1.165) is 24.4 Å². The third-order valence-corrected chi connectivity index (χ3v) is 4.65. The molecule has 0 aliphatic carbocycles. The molecule has 8 nitrogen and oxygen atoms in total. The highest BCUT2D eigenvalue weighted by atomic mass is 32.1. The van der Waals surface area contributed by atoms with E-state index in [1.165, 1.54) is 23.6 Å². The van der Waals surface area contributed by atoms with Crippen molar-refractivity contribution in [1.29, 1.82) is 0 Å². The van der Waals surface area contributed by atoms with Crippen LogP contribution in [-0.4, -0.2) is 44.6 Å². The number of nitrogens with two attached hydrogens (primary N) is 2. The Morgan fingerprint density at radius 1 is 1.30 bits per heavy atom. The summed E-state index contributed by atoms with van der Waals surface area (Å²) >= 11 is 4.28. The van der Waals surface area contributed by atoms with Gasteiger partial charge in [-0.15, -0.1) is 12.6 Å². The molecule has 1 saturated heterocycles. The summed E-state index contributed by atoms with van der Waals surface area (Å²) < 4.78 is 0. The van der Waals surface area contributed by atoms with Crippen molar-refractivity contribution in [3.8, 4) is 0 Å². The summed E-state index contributed by atoms with van der Waals surface area (Å²) in [6.45, 7) is 3.11. The number of nitrogens with one attached hydrogen (secondary N) is 3. The number of hydrazine groups is 2. The van der Waals surface area contributed by atoms with E-state index in [1.54, 1.807) is 12.5 Å². The summed E-state index contributed by atoms with van der Waals surface area (Å²) in [6, 6.07) is 8.33. The van der Waals surface area contributed by atoms with Gasteiger partial charge in [0.05, 0.1) is 12.2 Å². The summed E-state index contributed by atoms with van der Waals surface area (Å²) in [5.41, 5.74) is 12.1. The number of aldehydes is 1. The predicted molar refractivity (Wildman–Crippen MR) is 113 cm³/mol. The molecule has 148 valence electrons. The number of hydrogen-bond acceptors (Lipinski definition) is 9. The topological polar surface area (TPSA) is 112 Å². The average Bonchev–Trinajstić information content (AvgIpc) is 3.24. The summed E-state index contributed by atoms with van der Waals surface area (Å²) in [5, 5.41) is 8.77. The van der Waals surface area contributed by atoms with Gasteiger partial charge in [0, 0.05) is 32.4 Å². The van der Waals surface area contributed by atoms with Crippen LogP contribution in [0.3, 0.4) is 0 Å². The molecule has 2 rings (SSSR count). The number of nitrogens with zero attached hydrogens (tertiary/aromatic N) is 2. The van der Waals surface area contributed by atoms with E-state index in [-0.39, 0.29) is 5.82 Å². The molecule has 27 heavy (non-hydrogen) atoms. The molecule has 1 aliphatic rings. The largest absolute Gasteiger partial charge is 0.384 e. The number of thiol groups is 1. The fraction of sp³-hybridized carbons (Fsp3) is 0.389. The number of carbonyl (C=O) groups excluding carboxylic acids is 1. The van der Waals surface area contributed by atoms with Crippen molar-refractivity contribution >= 4 is 30.3 Å². The van der Waals surface area contributed by atoms with Crippen molar-refractivity contribution in [2.75, 3.05) is 38.1 Å². The zero-order valence-corrected chi connectivity index (χ0v) is 16.5. The molecular formula is C18H29N7OS. The quantitative estimate of drug-likeness (QED) is 0.111. The third-order valence-electron chi connectivity index (χ3n) is 4.39. The number of allylic oxidation sites excluding steroid dienone is 1. The van der Waals surface area contributed by atoms with Gasteiger partial charge in [-0.1, -0.05) is 12.1 Å². The van der Waals surface area contributed by atoms with Gasteiger partial charge in [0.15, 0.2) is 6.29 Å². The Balaban J connectivity index is 1.87. The van der Waals surface area contributed by atoms with E-state index in [4.69, 9.17) is 11.6 Å². The molecule has 0 spiro atoms. The molecule has 0 unspecified atom stereocenters. The Labute approximate surface area is 166 Å². The molecule has 1 fully saturated rings. The van der Waals surface area contributed by atoms with E-state index in [0.29, 0.717) is 25.1 Å². The Bertz CT molecular complexity index is 669. The molecule has 1 aromatic rings. The van der Waals surface area contributed by atoms with Crippen LogP contribution in [0.1, 0.15) is 18.4 Å². The van der Waals surface area contributed by atoms with Crippen LogP contribution in [-0.2, 0) is 4.79 Å². The van der Waals surface area contributed by atoms with E-state index in [2.05, 4.69) is 57.9 Å². The van der Waals surface area contributed by atoms with Crippen molar-refractivity contribution in [3.63, 3.8) is 0 Å². The van der Waals surface area contributed by atoms with Gasteiger partial charge in [-0.3, -0.25) is 10.6 Å². The second-order valence-corrected chi connectivity index (χ2v) is 6.47. The number of anilines is 1. The van der Waals surface area contributed by atoms with Crippen LogP contribution in [0.4, 0.5) is 5.69 Å². The van der Waals surface area contributed by atoms with Crippen LogP contribution in [0.25, 0.3) is 5.70 Å². The minimum atomic E-state index is 0.288. The lowest BCUT2D eigenvalue weighted by atomic mass is 10.1. The minimum absolute atomic E-state index is 0.288. The Morgan fingerprint density at radius 2 is 1.96 bits per heavy atom. The molecule has 1 aromatic carbocycles. The molecule has 9 heteroatoms. The fourth-order valence-electron chi connectivity index (χ4n) is 2.85. The van der Waals surface area contributed by atoms with Gasteiger partial charge in [0.1, 0.15) is 11.5 Å². The first-order chi connectivity index (χ1) is 13.1. The highest BCUT2D eigenvalue weighted by Gasteiger charge is 2.12. The second kappa shape index (κ2) is 10.7. The highest BCUT2D eigenvalue weighted by Crippen LogP contribution is 2.22. The van der Waals surface area contributed by atoms with Crippen molar-refractivity contribution in [1.82, 2.24) is 21.2 Å². The van der Waals surface area contributed by atoms with Gasteiger partial charge < -0.3 is 26.7 Å². The lowest BCUT2D eigenvalue weighted by Crippen LogP contribution is -2.46. The van der Waals surface area contributed by atoms with Gasteiger partial charge in [-0.2, -0.15) is 5.12 Å². The van der Waals surface area contributed by atoms with Crippen LogP contribution in [0.2, 0.25) is 0 Å². The lowest BCUT2D eigenvalue weighted by Gasteiger charge is -2.22. The first-order valence-corrected chi connectivity index (χ1v) is 9.46. The first-order valence-electron chi connectivity index (χ1n) is 8.94. The van der Waals surface area contributed by atoms with Gasteiger partial charge in [-0.05, 0) is 35.9 Å². The summed E-state index contributed by atoms with van der Waals surface area (Å²) in [5.74, 6) is 6.29. The molecule has 7 N–H and O–H groups in total. The number of benzene rings is 1. The van der Waals surface area contributed by atoms with Crippen LogP contribution < -0.4 is 32.5 Å². The SMILES string of the molecule is CN/C(N)=C(\C=O)NCCN(N)N/C(=C\S)c1ccc(N2CCCC2)cc1. The number of rotatable bonds is 10. The fourth-order valence-corrected chi connectivity index (χ4v) is 3.06. The monoisotopic (exact) mass is 391 g/mol. The van der Waals surface area contributed by atoms with Gasteiger partial charge >= 0.3 is 0 Å². The van der Waals surface area contributed by atoms with E-state index < -0.39 is 0 Å². The van der Waals surface area contributed by atoms with Crippen LogP contribution >= 0.6 is 12.6 Å². The highest BCUT2D eigenvalue weighted by molar-refractivity contribution is 7.83.